The zero-order valence-electron chi connectivity index (χ0n) is 9.64. The minimum Gasteiger partial charge on any atom is -0.478 e. The normalized spacial score (nSPS) is 10.3. The van der Waals surface area contributed by atoms with Gasteiger partial charge >= 0.3 is 5.97 Å². The van der Waals surface area contributed by atoms with Gasteiger partial charge in [0.1, 0.15) is 5.82 Å². The van der Waals surface area contributed by atoms with Gasteiger partial charge in [0.2, 0.25) is 0 Å². The summed E-state index contributed by atoms with van der Waals surface area (Å²) in [6, 6.07) is 7.78. The van der Waals surface area contributed by atoms with Crippen molar-refractivity contribution in [2.45, 2.75) is 12.8 Å². The number of carbonyl (C=O) groups is 1. The van der Waals surface area contributed by atoms with Gasteiger partial charge in [0, 0.05) is 12.4 Å². The van der Waals surface area contributed by atoms with Gasteiger partial charge in [0.15, 0.2) is 0 Å². The Morgan fingerprint density at radius 3 is 2.83 bits per heavy atom. The van der Waals surface area contributed by atoms with Gasteiger partial charge < -0.3 is 5.11 Å². The molecule has 0 atom stereocenters. The van der Waals surface area contributed by atoms with Crippen LogP contribution in [0.2, 0.25) is 0 Å². The fraction of sp³-hybridized carbons (Fsp3) is 0.143. The first-order valence-corrected chi connectivity index (χ1v) is 5.57. The lowest BCUT2D eigenvalue weighted by Gasteiger charge is -2.05. The van der Waals surface area contributed by atoms with E-state index >= 15 is 0 Å². The lowest BCUT2D eigenvalue weighted by molar-refractivity contribution is 0.0695. The topological polar surface area (TPSA) is 50.2 Å². The van der Waals surface area contributed by atoms with Crippen LogP contribution in [0.25, 0.3) is 0 Å². The van der Waals surface area contributed by atoms with E-state index in [1.54, 1.807) is 12.3 Å². The number of hydrogen-bond donors (Lipinski definition) is 1. The zero-order chi connectivity index (χ0) is 13.0. The number of aryl methyl sites for hydroxylation is 2. The third kappa shape index (κ3) is 2.91. The van der Waals surface area contributed by atoms with Crippen LogP contribution in [0.15, 0.2) is 42.7 Å². The standard InChI is InChI=1S/C14H12FNO2/c15-12-3-1-2-10(8-12)4-5-11-9-16-7-6-13(11)14(17)18/h1-3,6-9H,4-5H2,(H,17,18). The molecule has 2 aromatic rings. The molecule has 0 aliphatic heterocycles. The van der Waals surface area contributed by atoms with Crippen LogP contribution in [0.3, 0.4) is 0 Å². The highest BCUT2D eigenvalue weighted by Gasteiger charge is 2.09. The maximum atomic E-state index is 13.0. The van der Waals surface area contributed by atoms with Crippen LogP contribution in [-0.4, -0.2) is 16.1 Å². The Morgan fingerprint density at radius 2 is 2.11 bits per heavy atom. The van der Waals surface area contributed by atoms with Crippen LogP contribution in [-0.2, 0) is 12.8 Å². The number of aromatic nitrogens is 1. The SMILES string of the molecule is O=C(O)c1ccncc1CCc1cccc(F)c1. The van der Waals surface area contributed by atoms with Gasteiger partial charge in [-0.25, -0.2) is 9.18 Å². The van der Waals surface area contributed by atoms with E-state index in [0.29, 0.717) is 18.4 Å². The monoisotopic (exact) mass is 245 g/mol. The predicted molar refractivity (Wildman–Crippen MR) is 65.0 cm³/mol. The number of benzene rings is 1. The minimum absolute atomic E-state index is 0.251. The predicted octanol–water partition coefficient (Wildman–Crippen LogP) is 2.70. The summed E-state index contributed by atoms with van der Waals surface area (Å²) in [4.78, 5) is 14.9. The van der Waals surface area contributed by atoms with Crippen molar-refractivity contribution >= 4 is 5.97 Å². The van der Waals surface area contributed by atoms with Crippen LogP contribution in [0, 0.1) is 5.82 Å². The van der Waals surface area contributed by atoms with E-state index in [1.165, 1.54) is 24.4 Å². The van der Waals surface area contributed by atoms with Crippen molar-refractivity contribution in [3.8, 4) is 0 Å². The Morgan fingerprint density at radius 1 is 1.28 bits per heavy atom. The first-order valence-electron chi connectivity index (χ1n) is 5.57. The van der Waals surface area contributed by atoms with E-state index < -0.39 is 5.97 Å². The summed E-state index contributed by atoms with van der Waals surface area (Å²) < 4.78 is 13.0. The molecule has 92 valence electrons. The maximum Gasteiger partial charge on any atom is 0.336 e. The number of carboxylic acids is 1. The van der Waals surface area contributed by atoms with Crippen molar-refractivity contribution in [3.63, 3.8) is 0 Å². The second-order valence-corrected chi connectivity index (χ2v) is 3.97. The van der Waals surface area contributed by atoms with Crippen molar-refractivity contribution in [2.24, 2.45) is 0 Å². The van der Waals surface area contributed by atoms with E-state index in [4.69, 9.17) is 5.11 Å². The minimum atomic E-state index is -0.966. The van der Waals surface area contributed by atoms with Crippen molar-refractivity contribution in [1.29, 1.82) is 0 Å². The first-order chi connectivity index (χ1) is 8.66. The van der Waals surface area contributed by atoms with Crippen LogP contribution >= 0.6 is 0 Å². The maximum absolute atomic E-state index is 13.0. The molecule has 0 amide bonds. The molecule has 0 fully saturated rings. The second kappa shape index (κ2) is 5.40. The molecule has 0 saturated heterocycles. The van der Waals surface area contributed by atoms with Crippen LogP contribution in [0.5, 0.6) is 0 Å². The molecule has 1 aromatic heterocycles. The molecule has 1 aromatic carbocycles. The molecule has 0 radical (unpaired) electrons. The largest absolute Gasteiger partial charge is 0.478 e. The molecule has 18 heavy (non-hydrogen) atoms. The Labute approximate surface area is 104 Å². The lowest BCUT2D eigenvalue weighted by atomic mass is 10.0. The molecular formula is C14H12FNO2. The second-order valence-electron chi connectivity index (χ2n) is 3.97. The molecular weight excluding hydrogens is 233 g/mol. The van der Waals surface area contributed by atoms with Gasteiger partial charge in [0.25, 0.3) is 0 Å². The number of hydrogen-bond acceptors (Lipinski definition) is 2. The highest BCUT2D eigenvalue weighted by molar-refractivity contribution is 5.89. The van der Waals surface area contributed by atoms with Crippen molar-refractivity contribution in [2.75, 3.05) is 0 Å². The average Bonchev–Trinajstić information content (AvgIpc) is 2.37. The van der Waals surface area contributed by atoms with Gasteiger partial charge in [-0.05, 0) is 42.2 Å². The quantitative estimate of drug-likeness (QED) is 0.901. The Kier molecular flexibility index (Phi) is 3.67. The van der Waals surface area contributed by atoms with Crippen LogP contribution < -0.4 is 0 Å². The number of rotatable bonds is 4. The Hall–Kier alpha value is -2.23. The highest BCUT2D eigenvalue weighted by atomic mass is 19.1. The average molecular weight is 245 g/mol. The smallest absolute Gasteiger partial charge is 0.336 e. The van der Waals surface area contributed by atoms with Crippen molar-refractivity contribution in [1.82, 2.24) is 4.98 Å². The number of carboxylic acid groups (broad SMARTS) is 1. The summed E-state index contributed by atoms with van der Waals surface area (Å²) >= 11 is 0. The Bertz CT molecular complexity index is 569. The molecule has 0 saturated carbocycles. The van der Waals surface area contributed by atoms with E-state index in [-0.39, 0.29) is 11.4 Å². The number of nitrogens with zero attached hydrogens (tertiary/aromatic N) is 1. The molecule has 0 aliphatic rings. The van der Waals surface area contributed by atoms with Gasteiger partial charge in [-0.3, -0.25) is 4.98 Å². The van der Waals surface area contributed by atoms with Crippen molar-refractivity contribution in [3.05, 3.63) is 65.2 Å². The first kappa shape index (κ1) is 12.2. The fourth-order valence-electron chi connectivity index (χ4n) is 1.81. The zero-order valence-corrected chi connectivity index (χ0v) is 9.64. The third-order valence-electron chi connectivity index (χ3n) is 2.71. The molecule has 3 nitrogen and oxygen atoms in total. The number of aromatic carboxylic acids is 1. The molecule has 1 heterocycles. The molecule has 4 heteroatoms. The van der Waals surface area contributed by atoms with Gasteiger partial charge in [-0.1, -0.05) is 12.1 Å². The van der Waals surface area contributed by atoms with Crippen molar-refractivity contribution < 1.29 is 14.3 Å². The molecule has 0 bridgehead atoms. The third-order valence-corrected chi connectivity index (χ3v) is 2.71. The fourth-order valence-corrected chi connectivity index (χ4v) is 1.81. The Balaban J connectivity index is 2.13. The summed E-state index contributed by atoms with van der Waals surface area (Å²) in [6.45, 7) is 0. The number of halogens is 1. The summed E-state index contributed by atoms with van der Waals surface area (Å²) in [5, 5.41) is 9.02. The van der Waals surface area contributed by atoms with E-state index in [1.807, 2.05) is 6.07 Å². The lowest BCUT2D eigenvalue weighted by Crippen LogP contribution is -2.04. The van der Waals surface area contributed by atoms with Gasteiger partial charge in [-0.15, -0.1) is 0 Å². The molecule has 0 spiro atoms. The van der Waals surface area contributed by atoms with E-state index in [9.17, 15) is 9.18 Å². The summed E-state index contributed by atoms with van der Waals surface area (Å²) in [5.41, 5.74) is 1.76. The van der Waals surface area contributed by atoms with Gasteiger partial charge in [0.05, 0.1) is 5.56 Å². The summed E-state index contributed by atoms with van der Waals surface area (Å²) in [6.07, 6.45) is 4.11. The van der Waals surface area contributed by atoms with Gasteiger partial charge in [-0.2, -0.15) is 0 Å². The van der Waals surface area contributed by atoms with E-state index in [0.717, 1.165) is 5.56 Å². The van der Waals surface area contributed by atoms with E-state index in [2.05, 4.69) is 4.98 Å². The summed E-state index contributed by atoms with van der Waals surface area (Å²) in [5.74, 6) is -1.25. The highest BCUT2D eigenvalue weighted by Crippen LogP contribution is 2.12. The summed E-state index contributed by atoms with van der Waals surface area (Å²) in [7, 11) is 0. The number of pyridine rings is 1. The molecule has 1 N–H and O–H groups in total. The molecule has 0 aliphatic carbocycles. The van der Waals surface area contributed by atoms with Crippen LogP contribution in [0.1, 0.15) is 21.5 Å². The van der Waals surface area contributed by atoms with Crippen LogP contribution in [0.4, 0.5) is 4.39 Å². The molecule has 0 unspecified atom stereocenters. The molecule has 2 rings (SSSR count).